The molecule has 2 heterocycles. The van der Waals surface area contributed by atoms with Gasteiger partial charge in [0.15, 0.2) is 0 Å². The molecule has 1 atom stereocenters. The van der Waals surface area contributed by atoms with Crippen molar-refractivity contribution in [2.45, 2.75) is 43.9 Å². The molecule has 5 nitrogen and oxygen atoms in total. The summed E-state index contributed by atoms with van der Waals surface area (Å²) >= 11 is 1.16. The van der Waals surface area contributed by atoms with Gasteiger partial charge in [0.2, 0.25) is 0 Å². The van der Waals surface area contributed by atoms with Crippen LogP contribution in [0.3, 0.4) is 0 Å². The molecule has 3 N–H and O–H groups in total. The molecule has 0 amide bonds. The Morgan fingerprint density at radius 2 is 2.07 bits per heavy atom. The molecule has 0 fully saturated rings. The maximum absolute atomic E-state index is 13.3. The Morgan fingerprint density at radius 3 is 2.66 bits per heavy atom. The molecule has 0 unspecified atom stereocenters. The Kier molecular flexibility index (Phi) is 5.71. The lowest BCUT2D eigenvalue weighted by Gasteiger charge is -2.20. The maximum atomic E-state index is 13.3. The monoisotopic (exact) mass is 426 g/mol. The van der Waals surface area contributed by atoms with E-state index < -0.39 is 29.3 Å². The Bertz CT molecular complexity index is 1020. The van der Waals surface area contributed by atoms with Gasteiger partial charge < -0.3 is 10.8 Å². The Morgan fingerprint density at radius 1 is 1.38 bits per heavy atom. The van der Waals surface area contributed by atoms with Crippen LogP contribution in [0.15, 0.2) is 34.1 Å². The van der Waals surface area contributed by atoms with Crippen molar-refractivity contribution in [2.24, 2.45) is 5.92 Å². The molecule has 0 aliphatic carbocycles. The number of thioether (sulfide) groups is 1. The van der Waals surface area contributed by atoms with Gasteiger partial charge in [-0.15, -0.1) is 11.8 Å². The second kappa shape index (κ2) is 7.78. The zero-order chi connectivity index (χ0) is 21.5. The van der Waals surface area contributed by atoms with Crippen LogP contribution in [-0.2, 0) is 17.4 Å². The van der Waals surface area contributed by atoms with Crippen molar-refractivity contribution in [2.75, 3.05) is 11.5 Å². The summed E-state index contributed by atoms with van der Waals surface area (Å²) < 4.78 is 40.9. The molecule has 1 aliphatic heterocycles. The van der Waals surface area contributed by atoms with E-state index in [4.69, 9.17) is 5.73 Å². The first kappa shape index (κ1) is 21.3. The van der Waals surface area contributed by atoms with Crippen molar-refractivity contribution >= 4 is 23.4 Å². The number of nitrogens with zero attached hydrogens (tertiary/aromatic N) is 1. The number of benzene rings is 1. The number of halogens is 3. The van der Waals surface area contributed by atoms with Crippen LogP contribution in [0.1, 0.15) is 37.4 Å². The smallest absolute Gasteiger partial charge is 0.416 e. The lowest BCUT2D eigenvalue weighted by Crippen LogP contribution is -2.31. The number of nitrogen functional groups attached to an aromatic ring is 1. The molecular weight excluding hydrogens is 405 g/mol. The number of carbonyl (C=O) groups is 1. The van der Waals surface area contributed by atoms with Crippen LogP contribution in [0, 0.1) is 5.92 Å². The highest BCUT2D eigenvalue weighted by Gasteiger charge is 2.36. The molecule has 0 saturated carbocycles. The molecule has 9 heteroatoms. The minimum atomic E-state index is -4.52. The van der Waals surface area contributed by atoms with Crippen LogP contribution in [0.25, 0.3) is 11.1 Å². The Balaban J connectivity index is 2.31. The topological polar surface area (TPSA) is 85.3 Å². The number of pyridine rings is 1. The lowest BCUT2D eigenvalue weighted by atomic mass is 9.93. The van der Waals surface area contributed by atoms with Crippen LogP contribution in [0.4, 0.5) is 18.9 Å². The number of fused-ring (bicyclic) bond motifs is 1. The van der Waals surface area contributed by atoms with E-state index >= 15 is 0 Å². The second-order valence-corrected chi connectivity index (χ2v) is 8.43. The van der Waals surface area contributed by atoms with Crippen molar-refractivity contribution in [3.63, 3.8) is 0 Å². The van der Waals surface area contributed by atoms with Gasteiger partial charge in [0.1, 0.15) is 11.7 Å². The number of hydrogen-bond donors (Lipinski definition) is 2. The van der Waals surface area contributed by atoms with Gasteiger partial charge in [0.25, 0.3) is 5.56 Å². The van der Waals surface area contributed by atoms with Crippen LogP contribution in [0.2, 0.25) is 0 Å². The number of rotatable bonds is 5. The number of alkyl halides is 3. The summed E-state index contributed by atoms with van der Waals surface area (Å²) in [5.74, 6) is -0.772. The van der Waals surface area contributed by atoms with Gasteiger partial charge in [-0.3, -0.25) is 9.36 Å². The SMILES string of the molecule is CC(C)CCc1c(-c2cccc(C(F)(F)F)c2)c2n(c(=O)c1N)[C@H](C(=O)O)CS2. The molecule has 1 aliphatic rings. The highest BCUT2D eigenvalue weighted by Crippen LogP contribution is 2.44. The molecule has 29 heavy (non-hydrogen) atoms. The van der Waals surface area contributed by atoms with Crippen molar-refractivity contribution in [1.29, 1.82) is 0 Å². The van der Waals surface area contributed by atoms with Gasteiger partial charge in [-0.05, 0) is 42.0 Å². The maximum Gasteiger partial charge on any atom is 0.416 e. The fourth-order valence-electron chi connectivity index (χ4n) is 3.42. The van der Waals surface area contributed by atoms with Gasteiger partial charge in [0, 0.05) is 11.3 Å². The number of aliphatic carboxylic acids is 1. The lowest BCUT2D eigenvalue weighted by molar-refractivity contribution is -0.140. The quantitative estimate of drug-likeness (QED) is 0.739. The van der Waals surface area contributed by atoms with Gasteiger partial charge in [-0.2, -0.15) is 13.2 Å². The number of carboxylic acid groups (broad SMARTS) is 1. The molecule has 1 aromatic heterocycles. The van der Waals surface area contributed by atoms with Crippen molar-refractivity contribution in [1.82, 2.24) is 4.57 Å². The van der Waals surface area contributed by atoms with E-state index in [9.17, 15) is 27.9 Å². The Labute approximate surface area is 169 Å². The Hall–Kier alpha value is -2.42. The van der Waals surface area contributed by atoms with E-state index in [0.29, 0.717) is 34.9 Å². The summed E-state index contributed by atoms with van der Waals surface area (Å²) in [7, 11) is 0. The summed E-state index contributed by atoms with van der Waals surface area (Å²) in [5, 5.41) is 9.83. The van der Waals surface area contributed by atoms with Gasteiger partial charge in [0.05, 0.1) is 10.6 Å². The summed E-state index contributed by atoms with van der Waals surface area (Å²) in [5.41, 5.74) is 5.76. The minimum absolute atomic E-state index is 0.101. The first-order valence-electron chi connectivity index (χ1n) is 9.12. The number of carboxylic acids is 1. The standard InChI is InChI=1S/C20H21F3N2O3S/c1-10(2)6-7-13-15(11-4-3-5-12(8-11)20(21,22)23)18-25(17(26)16(13)24)14(9-29-18)19(27)28/h3-5,8,10,14H,6-7,9,24H2,1-2H3,(H,27,28)/t14-/m0/s1. The first-order chi connectivity index (χ1) is 13.5. The largest absolute Gasteiger partial charge is 0.480 e. The molecule has 0 bridgehead atoms. The van der Waals surface area contributed by atoms with Crippen LogP contribution < -0.4 is 11.3 Å². The third-order valence-corrected chi connectivity index (χ3v) is 6.09. The summed E-state index contributed by atoms with van der Waals surface area (Å²) in [6.45, 7) is 3.99. The molecular formula is C20H21F3N2O3S. The second-order valence-electron chi connectivity index (χ2n) is 7.42. The van der Waals surface area contributed by atoms with Crippen LogP contribution in [-0.4, -0.2) is 21.4 Å². The molecule has 1 aromatic carbocycles. The third-order valence-electron chi connectivity index (χ3n) is 4.93. The molecule has 2 aromatic rings. The number of anilines is 1. The number of nitrogens with two attached hydrogens (primary N) is 1. The third kappa shape index (κ3) is 4.01. The van der Waals surface area contributed by atoms with Gasteiger partial charge >= 0.3 is 12.1 Å². The summed E-state index contributed by atoms with van der Waals surface area (Å²) in [4.78, 5) is 24.4. The number of hydrogen-bond acceptors (Lipinski definition) is 4. The molecule has 0 saturated heterocycles. The zero-order valence-corrected chi connectivity index (χ0v) is 16.7. The van der Waals surface area contributed by atoms with E-state index in [1.807, 2.05) is 13.8 Å². The predicted octanol–water partition coefficient (Wildman–Crippen LogP) is 4.44. The van der Waals surface area contributed by atoms with Crippen LogP contribution in [0.5, 0.6) is 0 Å². The van der Waals surface area contributed by atoms with E-state index in [-0.39, 0.29) is 17.0 Å². The molecule has 156 valence electrons. The van der Waals surface area contributed by atoms with Gasteiger partial charge in [-0.1, -0.05) is 26.0 Å². The first-order valence-corrected chi connectivity index (χ1v) is 10.1. The summed E-state index contributed by atoms with van der Waals surface area (Å²) in [6.07, 6.45) is -3.42. The normalized spacial score (nSPS) is 16.3. The summed E-state index contributed by atoms with van der Waals surface area (Å²) in [6, 6.07) is 3.73. The molecule has 3 rings (SSSR count). The van der Waals surface area contributed by atoms with Crippen LogP contribution >= 0.6 is 11.8 Å². The van der Waals surface area contributed by atoms with E-state index in [1.165, 1.54) is 12.1 Å². The highest BCUT2D eigenvalue weighted by molar-refractivity contribution is 7.99. The van der Waals surface area contributed by atoms with Gasteiger partial charge in [-0.25, -0.2) is 4.79 Å². The van der Waals surface area contributed by atoms with E-state index in [2.05, 4.69) is 0 Å². The minimum Gasteiger partial charge on any atom is -0.480 e. The van der Waals surface area contributed by atoms with E-state index in [1.54, 1.807) is 0 Å². The molecule has 0 spiro atoms. The van der Waals surface area contributed by atoms with Crippen molar-refractivity contribution in [3.05, 3.63) is 45.7 Å². The zero-order valence-electron chi connectivity index (χ0n) is 15.9. The number of aromatic nitrogens is 1. The van der Waals surface area contributed by atoms with Crippen molar-refractivity contribution < 1.29 is 23.1 Å². The fourth-order valence-corrected chi connectivity index (χ4v) is 4.76. The average molecular weight is 426 g/mol. The predicted molar refractivity (Wildman–Crippen MR) is 106 cm³/mol. The molecule has 0 radical (unpaired) electrons. The fraction of sp³-hybridized carbons (Fsp3) is 0.400. The average Bonchev–Trinajstić information content (AvgIpc) is 3.08. The van der Waals surface area contributed by atoms with E-state index in [0.717, 1.165) is 28.5 Å². The highest BCUT2D eigenvalue weighted by atomic mass is 32.2. The van der Waals surface area contributed by atoms with Crippen molar-refractivity contribution in [3.8, 4) is 11.1 Å².